The van der Waals surface area contributed by atoms with Crippen LogP contribution in [0.3, 0.4) is 0 Å². The molecule has 0 unspecified atom stereocenters. The topological polar surface area (TPSA) is 48.8 Å². The predicted molar refractivity (Wildman–Crippen MR) is 31.0 cm³/mol. The van der Waals surface area contributed by atoms with E-state index >= 15 is 0 Å². The highest BCUT2D eigenvalue weighted by atomic mass is 15.1. The van der Waals surface area contributed by atoms with Crippen LogP contribution in [-0.4, -0.2) is 7.05 Å². The summed E-state index contributed by atoms with van der Waals surface area (Å²) >= 11 is 0. The summed E-state index contributed by atoms with van der Waals surface area (Å²) in [5, 5.41) is 2.92. The second-order valence-electron chi connectivity index (χ2n) is 0.997. The number of nitrogens with zero attached hydrogens (tertiary/aromatic N) is 3. The number of rotatable bonds is 0. The third kappa shape index (κ3) is 605. The second kappa shape index (κ2) is 18.5. The lowest BCUT2D eigenvalue weighted by Gasteiger charge is -1.48. The third-order valence-electron chi connectivity index (χ3n) is 0.0894. The highest BCUT2D eigenvalue weighted by molar-refractivity contribution is 4.30. The van der Waals surface area contributed by atoms with Crippen LogP contribution < -0.4 is 0 Å². The Hall–Kier alpha value is -0.690. The van der Waals surface area contributed by atoms with Crippen molar-refractivity contribution >= 4 is 0 Å². The first kappa shape index (κ1) is 9.58. The molecule has 0 heterocycles. The Labute approximate surface area is 44.0 Å². The lowest BCUT2D eigenvalue weighted by atomic mass is 10.6. The summed E-state index contributed by atoms with van der Waals surface area (Å²) in [6, 6.07) is 0. The van der Waals surface area contributed by atoms with Gasteiger partial charge in [-0.1, -0.05) is 25.4 Å². The monoisotopic (exact) mass is 101 g/mol. The van der Waals surface area contributed by atoms with Gasteiger partial charge in [0.15, 0.2) is 0 Å². The zero-order chi connectivity index (χ0) is 6.12. The van der Waals surface area contributed by atoms with Gasteiger partial charge in [0.25, 0.3) is 0 Å². The van der Waals surface area contributed by atoms with Crippen LogP contribution in [0.1, 0.15) is 20.3 Å². The molecule has 0 aliphatic heterocycles. The number of azide groups is 1. The summed E-state index contributed by atoms with van der Waals surface area (Å²) in [6.07, 6.45) is 1.25. The molecule has 0 saturated carbocycles. The second-order valence-corrected chi connectivity index (χ2v) is 0.997. The van der Waals surface area contributed by atoms with E-state index in [2.05, 4.69) is 23.9 Å². The Balaban J connectivity index is 0. The molecule has 0 aromatic carbocycles. The first-order chi connectivity index (χ1) is 3.33. The summed E-state index contributed by atoms with van der Waals surface area (Å²) in [5.41, 5.74) is 7.33. The van der Waals surface area contributed by atoms with Gasteiger partial charge in [0, 0.05) is 12.0 Å². The Morgan fingerprint density at radius 2 is 1.71 bits per heavy atom. The summed E-state index contributed by atoms with van der Waals surface area (Å²) in [6.45, 7) is 4.25. The molecule has 0 aromatic rings. The molecular weight excluding hydrogens is 90.1 g/mol. The molecule has 0 aliphatic rings. The fraction of sp³-hybridized carbons (Fsp3) is 1.00. The van der Waals surface area contributed by atoms with Crippen LogP contribution >= 0.6 is 0 Å². The molecule has 0 saturated heterocycles. The molecule has 3 heteroatoms. The lowest BCUT2D eigenvalue weighted by Crippen LogP contribution is -1.27. The van der Waals surface area contributed by atoms with Crippen LogP contribution in [-0.2, 0) is 0 Å². The van der Waals surface area contributed by atoms with Crippen LogP contribution in [0.25, 0.3) is 10.4 Å². The lowest BCUT2D eigenvalue weighted by molar-refractivity contribution is 1.09. The van der Waals surface area contributed by atoms with E-state index in [1.807, 2.05) is 0 Å². The molecule has 0 amide bonds. The van der Waals surface area contributed by atoms with Crippen LogP contribution in [0.5, 0.6) is 0 Å². The zero-order valence-corrected chi connectivity index (χ0v) is 5.05. The van der Waals surface area contributed by atoms with Gasteiger partial charge in [-0.2, -0.15) is 0 Å². The minimum atomic E-state index is 1.25. The Morgan fingerprint density at radius 1 is 1.57 bits per heavy atom. The van der Waals surface area contributed by atoms with E-state index in [4.69, 9.17) is 5.53 Å². The van der Waals surface area contributed by atoms with Gasteiger partial charge < -0.3 is 0 Å². The van der Waals surface area contributed by atoms with Crippen molar-refractivity contribution in [1.82, 2.24) is 0 Å². The van der Waals surface area contributed by atoms with Crippen LogP contribution in [0.2, 0.25) is 0 Å². The van der Waals surface area contributed by atoms with Gasteiger partial charge in [-0.25, -0.2) is 0 Å². The summed E-state index contributed by atoms with van der Waals surface area (Å²) in [5.74, 6) is 0. The molecule has 7 heavy (non-hydrogen) atoms. The minimum absolute atomic E-state index is 1.25. The predicted octanol–water partition coefficient (Wildman–Crippen LogP) is 2.34. The Bertz CT molecular complexity index is 54.0. The maximum atomic E-state index is 7.33. The van der Waals surface area contributed by atoms with E-state index in [0.29, 0.717) is 0 Å². The standard InChI is InChI=1S/C3H8.CH3N3/c1-3-2;1-3-4-2/h3H2,1-2H3;1H3. The summed E-state index contributed by atoms with van der Waals surface area (Å²) in [4.78, 5) is 2.36. The molecule has 42 valence electrons. The van der Waals surface area contributed by atoms with E-state index in [-0.39, 0.29) is 0 Å². The molecule has 3 nitrogen and oxygen atoms in total. The van der Waals surface area contributed by atoms with Crippen molar-refractivity contribution in [3.8, 4) is 0 Å². The van der Waals surface area contributed by atoms with Crippen molar-refractivity contribution in [3.05, 3.63) is 10.4 Å². The smallest absolute Gasteiger partial charge is 0.0139 e. The number of hydrogen-bond donors (Lipinski definition) is 0. The molecule has 0 N–H and O–H groups in total. The van der Waals surface area contributed by atoms with Crippen LogP contribution in [0.15, 0.2) is 5.11 Å². The summed E-state index contributed by atoms with van der Waals surface area (Å²) in [7, 11) is 1.39. The van der Waals surface area contributed by atoms with Gasteiger partial charge in [-0.15, -0.1) is 0 Å². The molecule has 0 spiro atoms. The van der Waals surface area contributed by atoms with Gasteiger partial charge in [0.1, 0.15) is 0 Å². The van der Waals surface area contributed by atoms with E-state index in [9.17, 15) is 0 Å². The maximum Gasteiger partial charge on any atom is 0.0139 e. The maximum absolute atomic E-state index is 7.33. The van der Waals surface area contributed by atoms with Crippen molar-refractivity contribution in [2.24, 2.45) is 5.11 Å². The van der Waals surface area contributed by atoms with Gasteiger partial charge in [-0.3, -0.25) is 0 Å². The fourth-order valence-electron chi connectivity index (χ4n) is 0. The van der Waals surface area contributed by atoms with E-state index in [1.165, 1.54) is 13.5 Å². The van der Waals surface area contributed by atoms with Gasteiger partial charge in [0.2, 0.25) is 0 Å². The van der Waals surface area contributed by atoms with Crippen LogP contribution in [0, 0.1) is 0 Å². The van der Waals surface area contributed by atoms with Gasteiger partial charge >= 0.3 is 0 Å². The Morgan fingerprint density at radius 3 is 1.71 bits per heavy atom. The molecule has 0 atom stereocenters. The van der Waals surface area contributed by atoms with E-state index in [1.54, 1.807) is 0 Å². The normalized spacial score (nSPS) is 5.00. The molecule has 0 aliphatic carbocycles. The van der Waals surface area contributed by atoms with Gasteiger partial charge in [0.05, 0.1) is 0 Å². The largest absolute Gasteiger partial charge is 0.0973 e. The van der Waals surface area contributed by atoms with Crippen LogP contribution in [0.4, 0.5) is 0 Å². The van der Waals surface area contributed by atoms with E-state index in [0.717, 1.165) is 0 Å². The minimum Gasteiger partial charge on any atom is -0.0973 e. The van der Waals surface area contributed by atoms with E-state index < -0.39 is 0 Å². The average molecular weight is 101 g/mol. The molecule has 0 fully saturated rings. The Kier molecular flexibility index (Phi) is 25.3. The first-order valence-corrected chi connectivity index (χ1v) is 2.26. The fourth-order valence-corrected chi connectivity index (χ4v) is 0. The molecular formula is C4H11N3. The van der Waals surface area contributed by atoms with Crippen molar-refractivity contribution in [2.45, 2.75) is 20.3 Å². The van der Waals surface area contributed by atoms with Gasteiger partial charge in [-0.05, 0) is 5.53 Å². The average Bonchev–Trinajstić information content (AvgIpc) is 1.69. The quantitative estimate of drug-likeness (QED) is 0.255. The molecule has 0 rings (SSSR count). The van der Waals surface area contributed by atoms with Crippen molar-refractivity contribution in [1.29, 1.82) is 0 Å². The van der Waals surface area contributed by atoms with Crippen molar-refractivity contribution < 1.29 is 0 Å². The molecule has 0 bridgehead atoms. The highest BCUT2D eigenvalue weighted by Gasteiger charge is 1.35. The first-order valence-electron chi connectivity index (χ1n) is 2.26. The van der Waals surface area contributed by atoms with Crippen molar-refractivity contribution in [3.63, 3.8) is 0 Å². The highest BCUT2D eigenvalue weighted by Crippen LogP contribution is 1.56. The SMILES string of the molecule is CCC.CN=[N+]=[N-]. The molecule has 0 radical (unpaired) electrons. The zero-order valence-electron chi connectivity index (χ0n) is 5.05. The summed E-state index contributed by atoms with van der Waals surface area (Å²) < 4.78 is 0. The molecule has 0 aromatic heterocycles. The van der Waals surface area contributed by atoms with Crippen molar-refractivity contribution in [2.75, 3.05) is 7.05 Å². The number of hydrogen-bond acceptors (Lipinski definition) is 1. The third-order valence-corrected chi connectivity index (χ3v) is 0.0894.